The molecule has 0 saturated heterocycles. The third-order valence-electron chi connectivity index (χ3n) is 3.38. The highest BCUT2D eigenvalue weighted by Crippen LogP contribution is 2.27. The van der Waals surface area contributed by atoms with Crippen LogP contribution >= 0.6 is 11.3 Å². The van der Waals surface area contributed by atoms with Crippen molar-refractivity contribution in [2.24, 2.45) is 5.92 Å². The van der Waals surface area contributed by atoms with Gasteiger partial charge in [0.1, 0.15) is 0 Å². The summed E-state index contributed by atoms with van der Waals surface area (Å²) in [6, 6.07) is 0.122. The average Bonchev–Trinajstić information content (AvgIpc) is 3.00. The maximum absolute atomic E-state index is 11.9. The summed E-state index contributed by atoms with van der Waals surface area (Å²) in [5, 5.41) is 13.3. The van der Waals surface area contributed by atoms with Crippen LogP contribution in [0.1, 0.15) is 52.9 Å². The van der Waals surface area contributed by atoms with Crippen molar-refractivity contribution in [3.8, 4) is 0 Å². The van der Waals surface area contributed by atoms with Gasteiger partial charge in [-0.25, -0.2) is 9.78 Å². The fourth-order valence-electron chi connectivity index (χ4n) is 2.32. The van der Waals surface area contributed by atoms with Crippen LogP contribution in [0, 0.1) is 5.92 Å². The largest absolute Gasteiger partial charge is 0.476 e. The van der Waals surface area contributed by atoms with Crippen LogP contribution in [0.5, 0.6) is 0 Å². The monoisotopic (exact) mass is 268 g/mol. The van der Waals surface area contributed by atoms with E-state index in [0.29, 0.717) is 5.92 Å². The molecule has 1 fully saturated rings. The molecule has 5 nitrogen and oxygen atoms in total. The van der Waals surface area contributed by atoms with Gasteiger partial charge in [0.05, 0.1) is 0 Å². The molecular formula is C12H16N2O3S. The summed E-state index contributed by atoms with van der Waals surface area (Å²) >= 11 is 1.07. The van der Waals surface area contributed by atoms with Crippen LogP contribution in [0.4, 0.5) is 0 Å². The van der Waals surface area contributed by atoms with Gasteiger partial charge >= 0.3 is 5.97 Å². The molecule has 2 rings (SSSR count). The maximum atomic E-state index is 11.9. The Bertz CT molecular complexity index is 452. The van der Waals surface area contributed by atoms with Crippen molar-refractivity contribution in [2.45, 2.75) is 38.6 Å². The quantitative estimate of drug-likeness (QED) is 0.877. The summed E-state index contributed by atoms with van der Waals surface area (Å²) in [5.41, 5.74) is -0.0707. The summed E-state index contributed by atoms with van der Waals surface area (Å²) in [6.07, 6.45) is 4.76. The van der Waals surface area contributed by atoms with Gasteiger partial charge in [0, 0.05) is 11.4 Å². The molecule has 1 atom stereocenters. The number of carbonyl (C=O) groups is 2. The fourth-order valence-corrected chi connectivity index (χ4v) is 3.01. The second-order valence-corrected chi connectivity index (χ2v) is 5.51. The molecule has 1 heterocycles. The van der Waals surface area contributed by atoms with Crippen molar-refractivity contribution in [1.82, 2.24) is 10.3 Å². The third-order valence-corrected chi connectivity index (χ3v) is 4.22. The molecule has 1 saturated carbocycles. The second kappa shape index (κ2) is 5.48. The zero-order chi connectivity index (χ0) is 13.1. The highest BCUT2D eigenvalue weighted by molar-refractivity contribution is 7.11. The fraction of sp³-hybridized carbons (Fsp3) is 0.583. The molecule has 0 radical (unpaired) electrons. The molecule has 1 amide bonds. The van der Waals surface area contributed by atoms with E-state index in [9.17, 15) is 9.59 Å². The molecule has 0 aliphatic heterocycles. The van der Waals surface area contributed by atoms with Crippen LogP contribution in [0.2, 0.25) is 0 Å². The third kappa shape index (κ3) is 2.87. The predicted octanol–water partition coefficient (Wildman–Crippen LogP) is 2.15. The number of rotatable bonds is 4. The van der Waals surface area contributed by atoms with E-state index in [4.69, 9.17) is 5.11 Å². The van der Waals surface area contributed by atoms with Gasteiger partial charge in [-0.1, -0.05) is 12.8 Å². The van der Waals surface area contributed by atoms with E-state index in [1.165, 1.54) is 18.2 Å². The highest BCUT2D eigenvalue weighted by atomic mass is 32.1. The SMILES string of the molecule is CC(NC(=O)c1nc(C(=O)O)cs1)C1CCCC1. The van der Waals surface area contributed by atoms with E-state index in [0.717, 1.165) is 24.2 Å². The Kier molecular flexibility index (Phi) is 3.96. The van der Waals surface area contributed by atoms with Crippen molar-refractivity contribution in [1.29, 1.82) is 0 Å². The maximum Gasteiger partial charge on any atom is 0.355 e. The Labute approximate surface area is 109 Å². The predicted molar refractivity (Wildman–Crippen MR) is 68.0 cm³/mol. The number of thiazole rings is 1. The van der Waals surface area contributed by atoms with Gasteiger partial charge in [0.15, 0.2) is 10.7 Å². The molecule has 1 aromatic heterocycles. The lowest BCUT2D eigenvalue weighted by Gasteiger charge is -2.19. The van der Waals surface area contributed by atoms with Crippen molar-refractivity contribution in [2.75, 3.05) is 0 Å². The summed E-state index contributed by atoms with van der Waals surface area (Å²) < 4.78 is 0. The first-order valence-corrected chi connectivity index (χ1v) is 6.95. The summed E-state index contributed by atoms with van der Waals surface area (Å²) in [7, 11) is 0. The van der Waals surface area contributed by atoms with Gasteiger partial charge in [0.25, 0.3) is 5.91 Å². The Morgan fingerprint density at radius 3 is 2.72 bits per heavy atom. The molecule has 98 valence electrons. The van der Waals surface area contributed by atoms with Gasteiger partial charge < -0.3 is 10.4 Å². The van der Waals surface area contributed by atoms with Crippen LogP contribution in [0.15, 0.2) is 5.38 Å². The number of hydrogen-bond acceptors (Lipinski definition) is 4. The molecular weight excluding hydrogens is 252 g/mol. The molecule has 0 bridgehead atoms. The Morgan fingerprint density at radius 2 is 2.17 bits per heavy atom. The minimum absolute atomic E-state index is 0.0707. The first-order chi connectivity index (χ1) is 8.58. The zero-order valence-electron chi connectivity index (χ0n) is 10.2. The Balaban J connectivity index is 1.95. The first-order valence-electron chi connectivity index (χ1n) is 6.07. The van der Waals surface area contributed by atoms with Gasteiger partial charge in [0.2, 0.25) is 0 Å². The molecule has 1 unspecified atom stereocenters. The lowest BCUT2D eigenvalue weighted by Crippen LogP contribution is -2.37. The van der Waals surface area contributed by atoms with E-state index in [2.05, 4.69) is 10.3 Å². The normalized spacial score (nSPS) is 17.6. The standard InChI is InChI=1S/C12H16N2O3S/c1-7(8-4-2-3-5-8)13-10(15)11-14-9(6-18-11)12(16)17/h6-8H,2-5H2,1H3,(H,13,15)(H,16,17). The Hall–Kier alpha value is -1.43. The minimum Gasteiger partial charge on any atom is -0.476 e. The Morgan fingerprint density at radius 1 is 1.50 bits per heavy atom. The number of nitrogens with one attached hydrogen (secondary N) is 1. The van der Waals surface area contributed by atoms with E-state index >= 15 is 0 Å². The van der Waals surface area contributed by atoms with Gasteiger partial charge in [-0.15, -0.1) is 11.3 Å². The number of hydrogen-bond donors (Lipinski definition) is 2. The zero-order valence-corrected chi connectivity index (χ0v) is 11.0. The molecule has 1 aromatic rings. The van der Waals surface area contributed by atoms with Crippen LogP contribution in [-0.4, -0.2) is 28.0 Å². The van der Waals surface area contributed by atoms with Crippen molar-refractivity contribution in [3.63, 3.8) is 0 Å². The number of nitrogens with zero attached hydrogens (tertiary/aromatic N) is 1. The van der Waals surface area contributed by atoms with Crippen molar-refractivity contribution in [3.05, 3.63) is 16.1 Å². The second-order valence-electron chi connectivity index (χ2n) is 4.65. The number of aromatic nitrogens is 1. The minimum atomic E-state index is -1.10. The summed E-state index contributed by atoms with van der Waals surface area (Å²) in [6.45, 7) is 2.00. The van der Waals surface area contributed by atoms with Crippen LogP contribution in [0.3, 0.4) is 0 Å². The lowest BCUT2D eigenvalue weighted by atomic mass is 10.00. The first kappa shape index (κ1) is 13.0. The summed E-state index contributed by atoms with van der Waals surface area (Å²) in [4.78, 5) is 26.4. The van der Waals surface area contributed by atoms with E-state index in [1.54, 1.807) is 0 Å². The van der Waals surface area contributed by atoms with Crippen molar-refractivity contribution >= 4 is 23.2 Å². The number of aromatic carboxylic acids is 1. The number of carboxylic acids is 1. The van der Waals surface area contributed by atoms with Crippen LogP contribution < -0.4 is 5.32 Å². The average molecular weight is 268 g/mol. The molecule has 6 heteroatoms. The molecule has 1 aliphatic rings. The highest BCUT2D eigenvalue weighted by Gasteiger charge is 2.24. The summed E-state index contributed by atoms with van der Waals surface area (Å²) in [5.74, 6) is -0.839. The van der Waals surface area contributed by atoms with Crippen molar-refractivity contribution < 1.29 is 14.7 Å². The number of amides is 1. The molecule has 2 N–H and O–H groups in total. The lowest BCUT2D eigenvalue weighted by molar-refractivity contribution is 0.0691. The van der Waals surface area contributed by atoms with Crippen LogP contribution in [0.25, 0.3) is 0 Å². The molecule has 0 aromatic carbocycles. The number of carboxylic acid groups (broad SMARTS) is 1. The molecule has 18 heavy (non-hydrogen) atoms. The van der Waals surface area contributed by atoms with E-state index < -0.39 is 5.97 Å². The van der Waals surface area contributed by atoms with E-state index in [1.807, 2.05) is 6.92 Å². The van der Waals surface area contributed by atoms with Gasteiger partial charge in [-0.3, -0.25) is 4.79 Å². The number of carbonyl (C=O) groups excluding carboxylic acids is 1. The van der Waals surface area contributed by atoms with Crippen LogP contribution in [-0.2, 0) is 0 Å². The van der Waals surface area contributed by atoms with Gasteiger partial charge in [-0.2, -0.15) is 0 Å². The smallest absolute Gasteiger partial charge is 0.355 e. The van der Waals surface area contributed by atoms with Gasteiger partial charge in [-0.05, 0) is 25.7 Å². The molecule has 0 spiro atoms. The van der Waals surface area contributed by atoms with E-state index in [-0.39, 0.29) is 22.7 Å². The molecule has 1 aliphatic carbocycles. The topological polar surface area (TPSA) is 79.3 Å².